The van der Waals surface area contributed by atoms with Gasteiger partial charge < -0.3 is 14.9 Å². The summed E-state index contributed by atoms with van der Waals surface area (Å²) in [4.78, 5) is 37.9. The molecule has 1 heterocycles. The number of aryl methyl sites for hydroxylation is 1. The largest absolute Gasteiger partial charge is 0.573 e. The third-order valence-electron chi connectivity index (χ3n) is 6.43. The second-order valence-electron chi connectivity index (χ2n) is 8.89. The number of para-hydroxylation sites is 1. The zero-order chi connectivity index (χ0) is 27.4. The van der Waals surface area contributed by atoms with Crippen LogP contribution in [0, 0.1) is 5.92 Å². The van der Waals surface area contributed by atoms with Gasteiger partial charge >= 0.3 is 12.3 Å². The monoisotopic (exact) mass is 527 g/mol. The van der Waals surface area contributed by atoms with Crippen LogP contribution in [0.2, 0.25) is 0 Å². The third kappa shape index (κ3) is 6.03. The maximum atomic E-state index is 12.7. The van der Waals surface area contributed by atoms with Crippen molar-refractivity contribution < 1.29 is 42.5 Å². The molecule has 0 fully saturated rings. The van der Waals surface area contributed by atoms with E-state index in [0.29, 0.717) is 12.0 Å². The first kappa shape index (κ1) is 26.9. The minimum Gasteiger partial charge on any atom is -0.481 e. The lowest BCUT2D eigenvalue weighted by Crippen LogP contribution is -2.36. The normalized spacial score (nSPS) is 14.8. The molecule has 0 aliphatic carbocycles. The number of carboxylic acid groups (broad SMARTS) is 1. The van der Waals surface area contributed by atoms with E-state index in [9.17, 15) is 37.8 Å². The van der Waals surface area contributed by atoms with Crippen molar-refractivity contribution in [3.63, 3.8) is 0 Å². The molecule has 1 aliphatic heterocycles. The predicted molar refractivity (Wildman–Crippen MR) is 130 cm³/mol. The Morgan fingerprint density at radius 2 is 1.39 bits per heavy atom. The number of imide groups is 1. The van der Waals surface area contributed by atoms with Crippen LogP contribution < -0.4 is 4.74 Å². The number of carboxylic acids is 1. The fourth-order valence-corrected chi connectivity index (χ4v) is 4.48. The Morgan fingerprint density at radius 1 is 0.842 bits per heavy atom. The molecule has 0 aromatic heterocycles. The number of fused-ring (bicyclic) bond motifs is 1. The minimum atomic E-state index is -4.83. The molecule has 0 bridgehead atoms. The third-order valence-corrected chi connectivity index (χ3v) is 6.43. The molecule has 2 unspecified atom stereocenters. The molecule has 0 spiro atoms. The maximum Gasteiger partial charge on any atom is 0.573 e. The van der Waals surface area contributed by atoms with Gasteiger partial charge in [-0.2, -0.15) is 0 Å². The number of benzene rings is 3. The Kier molecular flexibility index (Phi) is 7.82. The number of carbonyl (C=O) groups is 3. The smallest absolute Gasteiger partial charge is 0.481 e. The van der Waals surface area contributed by atoms with Crippen molar-refractivity contribution in [2.45, 2.75) is 31.7 Å². The van der Waals surface area contributed by atoms with Gasteiger partial charge in [-0.1, -0.05) is 54.6 Å². The molecule has 0 radical (unpaired) electrons. The van der Waals surface area contributed by atoms with E-state index in [1.807, 2.05) is 0 Å². The van der Waals surface area contributed by atoms with Gasteiger partial charge in [0.1, 0.15) is 5.75 Å². The van der Waals surface area contributed by atoms with Crippen molar-refractivity contribution in [2.75, 3.05) is 6.54 Å². The average molecular weight is 527 g/mol. The van der Waals surface area contributed by atoms with Gasteiger partial charge in [0.2, 0.25) is 0 Å². The van der Waals surface area contributed by atoms with Crippen LogP contribution in [0.1, 0.15) is 39.1 Å². The van der Waals surface area contributed by atoms with Gasteiger partial charge in [-0.05, 0) is 48.6 Å². The van der Waals surface area contributed by atoms with E-state index in [1.165, 1.54) is 30.3 Å². The van der Waals surface area contributed by atoms with Crippen LogP contribution in [0.15, 0.2) is 72.8 Å². The topological polar surface area (TPSA) is 104 Å². The average Bonchev–Trinajstić information content (AvgIpc) is 3.12. The standard InChI is InChI=1S/C28H24F3NO6/c29-28(30,31)38-24-8-4-3-5-19(24)18-12-9-17(10-13-18)11-14-23(33)22(27(36)37)15-16-32-25(34)20-6-1-2-7-21(20)26(32)35/h1-10,12-13,22-23,33H,11,14-16H2,(H,36,37). The van der Waals surface area contributed by atoms with Gasteiger partial charge in [0, 0.05) is 12.1 Å². The number of carbonyl (C=O) groups excluding carboxylic acids is 2. The number of halogens is 3. The van der Waals surface area contributed by atoms with Gasteiger partial charge in [0.05, 0.1) is 23.1 Å². The highest BCUT2D eigenvalue weighted by molar-refractivity contribution is 6.21. The van der Waals surface area contributed by atoms with Crippen LogP contribution in [0.5, 0.6) is 5.75 Å². The van der Waals surface area contributed by atoms with Gasteiger partial charge in [0.25, 0.3) is 11.8 Å². The fourth-order valence-electron chi connectivity index (χ4n) is 4.48. The summed E-state index contributed by atoms with van der Waals surface area (Å²) < 4.78 is 42.3. The van der Waals surface area contributed by atoms with Crippen molar-refractivity contribution in [2.24, 2.45) is 5.92 Å². The van der Waals surface area contributed by atoms with Gasteiger partial charge in [0.15, 0.2) is 0 Å². The zero-order valence-electron chi connectivity index (χ0n) is 20.0. The van der Waals surface area contributed by atoms with E-state index < -0.39 is 36.2 Å². The highest BCUT2D eigenvalue weighted by Crippen LogP contribution is 2.34. The van der Waals surface area contributed by atoms with Crippen molar-refractivity contribution in [1.29, 1.82) is 0 Å². The predicted octanol–water partition coefficient (Wildman–Crippen LogP) is 4.93. The second kappa shape index (κ2) is 11.1. The summed E-state index contributed by atoms with van der Waals surface area (Å²) in [6.45, 7) is -0.144. The van der Waals surface area contributed by atoms with Gasteiger partial charge in [-0.15, -0.1) is 13.2 Å². The lowest BCUT2D eigenvalue weighted by molar-refractivity contribution is -0.274. The molecule has 1 aliphatic rings. The molecule has 2 amide bonds. The van der Waals surface area contributed by atoms with E-state index in [2.05, 4.69) is 4.74 Å². The Balaban J connectivity index is 1.36. The van der Waals surface area contributed by atoms with Crippen LogP contribution in [-0.4, -0.2) is 51.9 Å². The number of amides is 2. The molecule has 10 heteroatoms. The molecule has 2 atom stereocenters. The number of aliphatic hydroxyl groups is 1. The first-order valence-electron chi connectivity index (χ1n) is 11.9. The SMILES string of the molecule is O=C(O)C(CCN1C(=O)c2ccccc2C1=O)C(O)CCc1ccc(-c2ccccc2OC(F)(F)F)cc1. The van der Waals surface area contributed by atoms with Crippen molar-refractivity contribution in [3.8, 4) is 16.9 Å². The van der Waals surface area contributed by atoms with Gasteiger partial charge in [-0.25, -0.2) is 0 Å². The number of rotatable bonds is 10. The lowest BCUT2D eigenvalue weighted by atomic mass is 9.93. The Labute approximate surface area is 216 Å². The second-order valence-corrected chi connectivity index (χ2v) is 8.89. The molecule has 0 saturated heterocycles. The molecule has 4 rings (SSSR count). The van der Waals surface area contributed by atoms with E-state index in [-0.39, 0.29) is 41.8 Å². The van der Waals surface area contributed by atoms with Crippen LogP contribution in [0.25, 0.3) is 11.1 Å². The lowest BCUT2D eigenvalue weighted by Gasteiger charge is -2.22. The quantitative estimate of drug-likeness (QED) is 0.363. The fraction of sp³-hybridized carbons (Fsp3) is 0.250. The molecule has 38 heavy (non-hydrogen) atoms. The first-order valence-corrected chi connectivity index (χ1v) is 11.9. The first-order chi connectivity index (χ1) is 18.0. The summed E-state index contributed by atoms with van der Waals surface area (Å²) in [5.41, 5.74) is 2.03. The van der Waals surface area contributed by atoms with Crippen LogP contribution >= 0.6 is 0 Å². The summed E-state index contributed by atoms with van der Waals surface area (Å²) >= 11 is 0. The number of aliphatic hydroxyl groups excluding tert-OH is 1. The minimum absolute atomic E-state index is 0.0895. The van der Waals surface area contributed by atoms with E-state index in [4.69, 9.17) is 0 Å². The number of nitrogens with zero attached hydrogens (tertiary/aromatic N) is 1. The molecular weight excluding hydrogens is 503 g/mol. The number of hydrogen-bond acceptors (Lipinski definition) is 5. The molecule has 2 N–H and O–H groups in total. The molecule has 3 aromatic rings. The van der Waals surface area contributed by atoms with Crippen molar-refractivity contribution >= 4 is 17.8 Å². The van der Waals surface area contributed by atoms with E-state index in [1.54, 1.807) is 42.5 Å². The zero-order valence-corrected chi connectivity index (χ0v) is 20.0. The number of aliphatic carboxylic acids is 1. The van der Waals surface area contributed by atoms with Gasteiger partial charge in [-0.3, -0.25) is 19.3 Å². The number of alkyl halides is 3. The summed E-state index contributed by atoms with van der Waals surface area (Å²) in [7, 11) is 0. The number of hydrogen-bond donors (Lipinski definition) is 2. The molecule has 198 valence electrons. The summed E-state index contributed by atoms with van der Waals surface area (Å²) in [6.07, 6.45) is -5.79. The molecule has 7 nitrogen and oxygen atoms in total. The van der Waals surface area contributed by atoms with Crippen LogP contribution in [0.3, 0.4) is 0 Å². The Morgan fingerprint density at radius 3 is 1.95 bits per heavy atom. The molecule has 0 saturated carbocycles. The Bertz CT molecular complexity index is 1300. The summed E-state index contributed by atoms with van der Waals surface area (Å²) in [6, 6.07) is 18.7. The van der Waals surface area contributed by atoms with Crippen molar-refractivity contribution in [3.05, 3.63) is 89.5 Å². The highest BCUT2D eigenvalue weighted by Gasteiger charge is 2.37. The van der Waals surface area contributed by atoms with Crippen LogP contribution in [-0.2, 0) is 11.2 Å². The maximum absolute atomic E-state index is 12.7. The van der Waals surface area contributed by atoms with E-state index in [0.717, 1.165) is 10.5 Å². The highest BCUT2D eigenvalue weighted by atomic mass is 19.4. The summed E-state index contributed by atoms with van der Waals surface area (Å²) in [5.74, 6) is -3.76. The molecular formula is C28H24F3NO6. The van der Waals surface area contributed by atoms with E-state index >= 15 is 0 Å². The number of ether oxygens (including phenoxy) is 1. The Hall–Kier alpha value is -4.18. The molecule has 3 aromatic carbocycles. The van der Waals surface area contributed by atoms with Crippen LogP contribution in [0.4, 0.5) is 13.2 Å². The summed E-state index contributed by atoms with van der Waals surface area (Å²) in [5, 5.41) is 20.3. The van der Waals surface area contributed by atoms with Crippen molar-refractivity contribution in [1.82, 2.24) is 4.90 Å².